The third-order valence-electron chi connectivity index (χ3n) is 4.40. The molecule has 0 aliphatic carbocycles. The molecule has 1 atom stereocenters. The predicted molar refractivity (Wildman–Crippen MR) is 107 cm³/mol. The molecule has 0 spiro atoms. The van der Waals surface area contributed by atoms with Crippen molar-refractivity contribution < 1.29 is 18.3 Å². The Morgan fingerprint density at radius 1 is 1.11 bits per heavy atom. The quantitative estimate of drug-likeness (QED) is 0.430. The van der Waals surface area contributed by atoms with E-state index in [2.05, 4.69) is 4.72 Å². The molecular formula is C17H28N4O6S. The van der Waals surface area contributed by atoms with Crippen LogP contribution in [0.4, 0.5) is 17.1 Å². The van der Waals surface area contributed by atoms with Gasteiger partial charge in [-0.25, -0.2) is 13.1 Å². The van der Waals surface area contributed by atoms with Gasteiger partial charge in [0.1, 0.15) is 0 Å². The lowest BCUT2D eigenvalue weighted by Crippen LogP contribution is -2.33. The predicted octanol–water partition coefficient (Wildman–Crippen LogP) is 3.51. The fourth-order valence-electron chi connectivity index (χ4n) is 2.96. The van der Waals surface area contributed by atoms with Gasteiger partial charge >= 0.3 is 11.4 Å². The standard InChI is InChI=1S/C17H28N4O6S/c1-6-9-19(10-7-2)17-14(20(22)23)11-15(13(5)16(17)21(24)25)28(26,27)18-12(4)8-3/h11-12,18H,6-10H2,1-5H3. The lowest BCUT2D eigenvalue weighted by molar-refractivity contribution is -0.393. The number of sulfonamides is 1. The van der Waals surface area contributed by atoms with E-state index in [0.29, 0.717) is 32.4 Å². The highest BCUT2D eigenvalue weighted by Crippen LogP contribution is 2.43. The zero-order valence-electron chi connectivity index (χ0n) is 16.9. The van der Waals surface area contributed by atoms with E-state index in [0.717, 1.165) is 6.07 Å². The van der Waals surface area contributed by atoms with Crippen molar-refractivity contribution in [2.75, 3.05) is 18.0 Å². The molecule has 0 aliphatic heterocycles. The SMILES string of the molecule is CCCN(CCC)c1c([N+](=O)[O-])cc(S(=O)(=O)NC(C)CC)c(C)c1[N+](=O)[O-]. The molecule has 0 radical (unpaired) electrons. The number of nitrogens with one attached hydrogen (secondary N) is 1. The smallest absolute Gasteiger partial charge is 0.303 e. The van der Waals surface area contributed by atoms with Crippen LogP contribution in [0.25, 0.3) is 0 Å². The van der Waals surface area contributed by atoms with E-state index in [4.69, 9.17) is 0 Å². The first-order chi connectivity index (χ1) is 13.0. The average molecular weight is 417 g/mol. The lowest BCUT2D eigenvalue weighted by Gasteiger charge is -2.24. The maximum atomic E-state index is 12.7. The molecule has 0 amide bonds. The van der Waals surface area contributed by atoms with Gasteiger partial charge < -0.3 is 4.90 Å². The minimum absolute atomic E-state index is 0.112. The van der Waals surface area contributed by atoms with Crippen LogP contribution in [0.5, 0.6) is 0 Å². The van der Waals surface area contributed by atoms with E-state index in [-0.39, 0.29) is 11.3 Å². The number of nitro groups is 2. The Morgan fingerprint density at radius 2 is 1.64 bits per heavy atom. The second kappa shape index (κ2) is 9.78. The van der Waals surface area contributed by atoms with Crippen LogP contribution in [-0.2, 0) is 10.0 Å². The Balaban J connectivity index is 3.88. The number of anilines is 1. The van der Waals surface area contributed by atoms with Crippen LogP contribution >= 0.6 is 0 Å². The first-order valence-electron chi connectivity index (χ1n) is 9.25. The Labute approximate surface area is 165 Å². The summed E-state index contributed by atoms with van der Waals surface area (Å²) in [6.45, 7) is 9.23. The summed E-state index contributed by atoms with van der Waals surface area (Å²) in [5.41, 5.74) is -1.37. The Kier molecular flexibility index (Phi) is 8.30. The summed E-state index contributed by atoms with van der Waals surface area (Å²) in [7, 11) is -4.16. The van der Waals surface area contributed by atoms with Gasteiger partial charge in [0.25, 0.3) is 0 Å². The summed E-state index contributed by atoms with van der Waals surface area (Å²) >= 11 is 0. The Hall–Kier alpha value is -2.27. The fraction of sp³-hybridized carbons (Fsp3) is 0.647. The number of nitrogens with zero attached hydrogens (tertiary/aromatic N) is 3. The minimum Gasteiger partial charge on any atom is -0.360 e. The van der Waals surface area contributed by atoms with Crippen molar-refractivity contribution in [2.45, 2.75) is 64.8 Å². The molecule has 11 heteroatoms. The van der Waals surface area contributed by atoms with Crippen molar-refractivity contribution in [3.05, 3.63) is 31.9 Å². The highest BCUT2D eigenvalue weighted by Gasteiger charge is 2.37. The molecule has 1 aromatic carbocycles. The van der Waals surface area contributed by atoms with E-state index in [1.807, 2.05) is 13.8 Å². The Bertz CT molecular complexity index is 835. The zero-order valence-corrected chi connectivity index (χ0v) is 17.7. The van der Waals surface area contributed by atoms with E-state index in [1.165, 1.54) is 6.92 Å². The summed E-state index contributed by atoms with van der Waals surface area (Å²) in [4.78, 5) is 23.2. The maximum Gasteiger partial charge on any atom is 0.303 e. The summed E-state index contributed by atoms with van der Waals surface area (Å²) in [6, 6.07) is 0.514. The van der Waals surface area contributed by atoms with Gasteiger partial charge in [-0.2, -0.15) is 0 Å². The van der Waals surface area contributed by atoms with Crippen LogP contribution in [0.2, 0.25) is 0 Å². The van der Waals surface area contributed by atoms with Gasteiger partial charge in [-0.3, -0.25) is 20.2 Å². The Morgan fingerprint density at radius 3 is 2.04 bits per heavy atom. The molecule has 0 aromatic heterocycles. The first kappa shape index (κ1) is 23.8. The molecule has 1 rings (SSSR count). The highest BCUT2D eigenvalue weighted by atomic mass is 32.2. The average Bonchev–Trinajstić information content (AvgIpc) is 2.59. The third-order valence-corrected chi connectivity index (χ3v) is 6.12. The summed E-state index contributed by atoms with van der Waals surface area (Å²) in [5, 5.41) is 23.5. The van der Waals surface area contributed by atoms with Gasteiger partial charge in [0.2, 0.25) is 10.0 Å². The number of nitro benzene ring substituents is 2. The second-order valence-electron chi connectivity index (χ2n) is 6.65. The van der Waals surface area contributed by atoms with Crippen LogP contribution in [0.15, 0.2) is 11.0 Å². The fourth-order valence-corrected chi connectivity index (χ4v) is 4.55. The van der Waals surface area contributed by atoms with Crippen molar-refractivity contribution >= 4 is 27.1 Å². The monoisotopic (exact) mass is 416 g/mol. The number of hydrogen-bond acceptors (Lipinski definition) is 7. The molecule has 0 aliphatic rings. The first-order valence-corrected chi connectivity index (χ1v) is 10.7. The molecule has 0 fully saturated rings. The molecule has 1 aromatic rings. The van der Waals surface area contributed by atoms with Gasteiger partial charge in [0.15, 0.2) is 5.69 Å². The molecule has 158 valence electrons. The summed E-state index contributed by atoms with van der Waals surface area (Å²) in [6.07, 6.45) is 1.76. The normalized spacial score (nSPS) is 12.6. The molecule has 0 saturated carbocycles. The van der Waals surface area contributed by atoms with Crippen LogP contribution < -0.4 is 9.62 Å². The van der Waals surface area contributed by atoms with E-state index < -0.39 is 42.2 Å². The number of hydrogen-bond donors (Lipinski definition) is 1. The number of rotatable bonds is 11. The molecule has 0 heterocycles. The number of benzene rings is 1. The van der Waals surface area contributed by atoms with Gasteiger partial charge in [0, 0.05) is 30.8 Å². The molecule has 0 bridgehead atoms. The zero-order chi connectivity index (χ0) is 21.6. The largest absolute Gasteiger partial charge is 0.360 e. The van der Waals surface area contributed by atoms with E-state index in [9.17, 15) is 28.6 Å². The third kappa shape index (κ3) is 5.16. The minimum atomic E-state index is -4.16. The molecule has 1 unspecified atom stereocenters. The summed E-state index contributed by atoms with van der Waals surface area (Å²) in [5.74, 6) is 0. The topological polar surface area (TPSA) is 136 Å². The molecule has 0 saturated heterocycles. The highest BCUT2D eigenvalue weighted by molar-refractivity contribution is 7.89. The van der Waals surface area contributed by atoms with Crippen molar-refractivity contribution in [2.24, 2.45) is 0 Å². The second-order valence-corrected chi connectivity index (χ2v) is 8.33. The lowest BCUT2D eigenvalue weighted by atomic mass is 10.1. The van der Waals surface area contributed by atoms with Crippen molar-refractivity contribution in [3.63, 3.8) is 0 Å². The molecule has 1 N–H and O–H groups in total. The van der Waals surface area contributed by atoms with Crippen molar-refractivity contribution in [3.8, 4) is 0 Å². The van der Waals surface area contributed by atoms with Gasteiger partial charge in [0.05, 0.1) is 14.7 Å². The van der Waals surface area contributed by atoms with Gasteiger partial charge in [-0.1, -0.05) is 20.8 Å². The molecule has 10 nitrogen and oxygen atoms in total. The molecular weight excluding hydrogens is 388 g/mol. The van der Waals surface area contributed by atoms with Gasteiger partial charge in [-0.15, -0.1) is 0 Å². The van der Waals surface area contributed by atoms with E-state index >= 15 is 0 Å². The summed E-state index contributed by atoms with van der Waals surface area (Å²) < 4.78 is 27.9. The van der Waals surface area contributed by atoms with Crippen LogP contribution in [0, 0.1) is 27.2 Å². The van der Waals surface area contributed by atoms with E-state index in [1.54, 1.807) is 18.7 Å². The van der Waals surface area contributed by atoms with Crippen molar-refractivity contribution in [1.82, 2.24) is 4.72 Å². The van der Waals surface area contributed by atoms with Gasteiger partial charge in [-0.05, 0) is 33.1 Å². The van der Waals surface area contributed by atoms with Crippen LogP contribution in [-0.4, -0.2) is 37.4 Å². The molecule has 28 heavy (non-hydrogen) atoms. The van der Waals surface area contributed by atoms with Crippen LogP contribution in [0.1, 0.15) is 52.5 Å². The van der Waals surface area contributed by atoms with Crippen molar-refractivity contribution in [1.29, 1.82) is 0 Å². The van der Waals surface area contributed by atoms with Crippen LogP contribution in [0.3, 0.4) is 0 Å². The maximum absolute atomic E-state index is 12.7.